The van der Waals surface area contributed by atoms with Gasteiger partial charge in [0.05, 0.1) is 12.4 Å². The molecule has 0 spiro atoms. The Kier molecular flexibility index (Phi) is 28.6. The summed E-state index contributed by atoms with van der Waals surface area (Å²) in [7, 11) is 0. The molecule has 0 atom stereocenters. The molecule has 6 heteroatoms. The molecule has 0 unspecified atom stereocenters. The number of hydrogen-bond donors (Lipinski definition) is 0. The van der Waals surface area contributed by atoms with Gasteiger partial charge in [0.25, 0.3) is 0 Å². The number of unbranched alkanes of at least 4 members (excludes halogenated alkanes) is 9. The molecule has 0 aromatic carbocycles. The molecule has 2 fully saturated rings. The lowest BCUT2D eigenvalue weighted by Gasteiger charge is -2.31. The van der Waals surface area contributed by atoms with E-state index in [2.05, 4.69) is 83.3 Å². The van der Waals surface area contributed by atoms with Crippen LogP contribution >= 0.6 is 0 Å². The van der Waals surface area contributed by atoms with E-state index in [0.29, 0.717) is 0 Å². The van der Waals surface area contributed by atoms with Crippen molar-refractivity contribution in [1.29, 1.82) is 0 Å². The minimum atomic E-state index is 0.821. The molecule has 0 saturated carbocycles. The highest BCUT2D eigenvalue weighted by Gasteiger charge is 2.20. The first-order chi connectivity index (χ1) is 24.8. The van der Waals surface area contributed by atoms with Crippen LogP contribution in [-0.2, 0) is 13.1 Å². The summed E-state index contributed by atoms with van der Waals surface area (Å²) in [5, 5.41) is 8.86. The fraction of sp³-hybridized carbons (Fsp3) is 0.867. The molecule has 2 aliphatic rings. The van der Waals surface area contributed by atoms with Crippen molar-refractivity contribution in [2.45, 2.75) is 191 Å². The first kappa shape index (κ1) is 47.4. The molecule has 4 heterocycles. The molecular weight excluding hydrogens is 625 g/mol. The average molecular weight is 713 g/mol. The molecule has 0 amide bonds. The standard InChI is InChI=1S/C21H39N3.C20H37N3.2C2H6/c1-19(2)10-8-6-4-5-7-9-13-23-14-11-21(12-15-23)18-24-17-20(3)16-22-24;1-18(2)9-7-5-4-6-8-12-22-13-10-20(11-14-22)17-23-16-19(3)15-21-23;2*1-2/h16-17,19,21H,4-15,18H2,1-3H3;15-16,18,20H,4-14,17H2,1-3H3;2*1-2H3. The van der Waals surface area contributed by atoms with Crippen molar-refractivity contribution in [2.24, 2.45) is 23.7 Å². The second-order valence-corrected chi connectivity index (χ2v) is 16.3. The SMILES string of the molecule is CC.CC.Cc1cnn(CC2CCN(CCCCCCCC(C)C)CC2)c1.Cc1cnn(CC2CCN(CCCCCCCCC(C)C)CC2)c1. The lowest BCUT2D eigenvalue weighted by atomic mass is 9.96. The maximum absolute atomic E-state index is 4.43. The number of piperidine rings is 2. The van der Waals surface area contributed by atoms with Crippen LogP contribution in [0.2, 0.25) is 0 Å². The minimum absolute atomic E-state index is 0.821. The van der Waals surface area contributed by atoms with Gasteiger partial charge in [-0.2, -0.15) is 10.2 Å². The summed E-state index contributed by atoms with van der Waals surface area (Å²) in [5.74, 6) is 3.40. The van der Waals surface area contributed by atoms with Crippen molar-refractivity contribution >= 4 is 0 Å². The number of rotatable bonds is 21. The van der Waals surface area contributed by atoms with Crippen LogP contribution in [-0.4, -0.2) is 68.6 Å². The van der Waals surface area contributed by atoms with Crippen LogP contribution in [0.1, 0.15) is 176 Å². The second kappa shape index (κ2) is 30.8. The second-order valence-electron chi connectivity index (χ2n) is 16.3. The summed E-state index contributed by atoms with van der Waals surface area (Å²) in [6.45, 7) is 31.6. The third-order valence-electron chi connectivity index (χ3n) is 10.6. The van der Waals surface area contributed by atoms with Crippen molar-refractivity contribution in [3.63, 3.8) is 0 Å². The topological polar surface area (TPSA) is 42.1 Å². The van der Waals surface area contributed by atoms with Gasteiger partial charge in [0, 0.05) is 25.5 Å². The minimum Gasteiger partial charge on any atom is -0.303 e. The third-order valence-corrected chi connectivity index (χ3v) is 10.6. The normalized spacial score (nSPS) is 16.0. The summed E-state index contributed by atoms with van der Waals surface area (Å²) in [5.41, 5.74) is 2.55. The molecule has 298 valence electrons. The molecule has 2 aromatic heterocycles. The maximum atomic E-state index is 4.43. The van der Waals surface area contributed by atoms with Crippen molar-refractivity contribution in [1.82, 2.24) is 29.4 Å². The van der Waals surface area contributed by atoms with Gasteiger partial charge in [-0.3, -0.25) is 9.36 Å². The zero-order chi connectivity index (χ0) is 37.7. The average Bonchev–Trinajstić information content (AvgIpc) is 3.75. The van der Waals surface area contributed by atoms with Gasteiger partial charge < -0.3 is 9.80 Å². The number of hydrogen-bond acceptors (Lipinski definition) is 4. The quantitative estimate of drug-likeness (QED) is 0.121. The van der Waals surface area contributed by atoms with Crippen molar-refractivity contribution < 1.29 is 0 Å². The zero-order valence-corrected chi connectivity index (χ0v) is 36.0. The van der Waals surface area contributed by atoms with Crippen LogP contribution in [0.25, 0.3) is 0 Å². The summed E-state index contributed by atoms with van der Waals surface area (Å²) >= 11 is 0. The molecule has 2 saturated heterocycles. The molecule has 0 aliphatic carbocycles. The summed E-state index contributed by atoms with van der Waals surface area (Å²) < 4.78 is 4.27. The van der Waals surface area contributed by atoms with Gasteiger partial charge >= 0.3 is 0 Å². The van der Waals surface area contributed by atoms with E-state index in [0.717, 1.165) is 36.8 Å². The molecule has 2 aliphatic heterocycles. The molecule has 0 bridgehead atoms. The van der Waals surface area contributed by atoms with Gasteiger partial charge in [-0.1, -0.05) is 126 Å². The van der Waals surface area contributed by atoms with Crippen LogP contribution in [0.4, 0.5) is 0 Å². The first-order valence-electron chi connectivity index (χ1n) is 22.2. The van der Waals surface area contributed by atoms with Gasteiger partial charge in [0.2, 0.25) is 0 Å². The lowest BCUT2D eigenvalue weighted by molar-refractivity contribution is 0.168. The van der Waals surface area contributed by atoms with Gasteiger partial charge in [-0.05, 0) is 126 Å². The van der Waals surface area contributed by atoms with Crippen LogP contribution < -0.4 is 0 Å². The van der Waals surface area contributed by atoms with E-state index >= 15 is 0 Å². The Morgan fingerprint density at radius 1 is 0.510 bits per heavy atom. The van der Waals surface area contributed by atoms with Crippen molar-refractivity contribution in [2.75, 3.05) is 39.3 Å². The molecule has 6 nitrogen and oxygen atoms in total. The summed E-state index contributed by atoms with van der Waals surface area (Å²) in [4.78, 5) is 5.36. The Hall–Kier alpha value is -1.66. The molecule has 0 N–H and O–H groups in total. The molecular formula is C45H88N6. The van der Waals surface area contributed by atoms with E-state index in [1.165, 1.54) is 160 Å². The van der Waals surface area contributed by atoms with Crippen LogP contribution in [0, 0.1) is 37.5 Å². The van der Waals surface area contributed by atoms with Crippen molar-refractivity contribution in [3.8, 4) is 0 Å². The van der Waals surface area contributed by atoms with E-state index < -0.39 is 0 Å². The highest BCUT2D eigenvalue weighted by atomic mass is 15.3. The predicted molar refractivity (Wildman–Crippen MR) is 225 cm³/mol. The zero-order valence-electron chi connectivity index (χ0n) is 36.0. The number of nitrogens with zero attached hydrogens (tertiary/aromatic N) is 6. The first-order valence-corrected chi connectivity index (χ1v) is 22.2. The van der Waals surface area contributed by atoms with E-state index in [9.17, 15) is 0 Å². The molecule has 4 rings (SSSR count). The monoisotopic (exact) mass is 713 g/mol. The van der Waals surface area contributed by atoms with E-state index in [4.69, 9.17) is 0 Å². The lowest BCUT2D eigenvalue weighted by Crippen LogP contribution is -2.35. The van der Waals surface area contributed by atoms with Gasteiger partial charge in [-0.25, -0.2) is 0 Å². The van der Waals surface area contributed by atoms with Gasteiger partial charge in [0.15, 0.2) is 0 Å². The highest BCUT2D eigenvalue weighted by molar-refractivity contribution is 5.00. The van der Waals surface area contributed by atoms with Crippen LogP contribution in [0.3, 0.4) is 0 Å². The Balaban J connectivity index is 0.000000465. The smallest absolute Gasteiger partial charge is 0.0518 e. The van der Waals surface area contributed by atoms with E-state index in [-0.39, 0.29) is 0 Å². The van der Waals surface area contributed by atoms with Crippen LogP contribution in [0.15, 0.2) is 24.8 Å². The summed E-state index contributed by atoms with van der Waals surface area (Å²) in [6, 6.07) is 0. The Labute approximate surface area is 318 Å². The molecule has 0 radical (unpaired) electrons. The maximum Gasteiger partial charge on any atom is 0.0518 e. The number of likely N-dealkylation sites (tertiary alicyclic amines) is 2. The number of aryl methyl sites for hydroxylation is 2. The fourth-order valence-electron chi connectivity index (χ4n) is 7.46. The summed E-state index contributed by atoms with van der Waals surface area (Å²) in [6.07, 6.45) is 32.1. The van der Waals surface area contributed by atoms with Crippen LogP contribution in [0.5, 0.6) is 0 Å². The highest BCUT2D eigenvalue weighted by Crippen LogP contribution is 2.21. The Bertz CT molecular complexity index is 1010. The Morgan fingerprint density at radius 3 is 1.12 bits per heavy atom. The van der Waals surface area contributed by atoms with E-state index in [1.807, 2.05) is 40.1 Å². The largest absolute Gasteiger partial charge is 0.303 e. The van der Waals surface area contributed by atoms with Gasteiger partial charge in [0.1, 0.15) is 0 Å². The Morgan fingerprint density at radius 2 is 0.824 bits per heavy atom. The third kappa shape index (κ3) is 24.3. The molecule has 51 heavy (non-hydrogen) atoms. The van der Waals surface area contributed by atoms with Gasteiger partial charge in [-0.15, -0.1) is 0 Å². The van der Waals surface area contributed by atoms with E-state index in [1.54, 1.807) is 0 Å². The molecule has 2 aromatic rings. The van der Waals surface area contributed by atoms with Crippen molar-refractivity contribution in [3.05, 3.63) is 35.9 Å². The fourth-order valence-corrected chi connectivity index (χ4v) is 7.46. The number of aromatic nitrogens is 4. The predicted octanol–water partition coefficient (Wildman–Crippen LogP) is 12.2.